The van der Waals surface area contributed by atoms with E-state index in [1.807, 2.05) is 20.8 Å². The minimum Gasteiger partial charge on any atom is -0.314 e. The summed E-state index contributed by atoms with van der Waals surface area (Å²) in [6.45, 7) is 6.87. The lowest BCUT2D eigenvalue weighted by Crippen LogP contribution is -2.40. The van der Waals surface area contributed by atoms with E-state index >= 15 is 0 Å². The first-order valence-electron chi connectivity index (χ1n) is 6.53. The molecule has 0 bridgehead atoms. The Hall–Kier alpha value is -0.130. The van der Waals surface area contributed by atoms with Gasteiger partial charge in [0.05, 0.1) is 5.75 Å². The summed E-state index contributed by atoms with van der Waals surface area (Å²) in [5.74, 6) is 0.597. The molecule has 0 radical (unpaired) electrons. The molecule has 0 aromatic carbocycles. The number of hydrogen-bond acceptors (Lipinski definition) is 3. The van der Waals surface area contributed by atoms with Gasteiger partial charge in [0.1, 0.15) is 0 Å². The Morgan fingerprint density at radius 1 is 1.29 bits per heavy atom. The van der Waals surface area contributed by atoms with Crippen LogP contribution in [0.4, 0.5) is 0 Å². The highest BCUT2D eigenvalue weighted by molar-refractivity contribution is 7.89. The van der Waals surface area contributed by atoms with Gasteiger partial charge in [0.2, 0.25) is 10.0 Å². The standard InChI is InChI=1S/C12H26N2O2S/c1-10(2)11(3)14(4)17(15,16)9-5-8-13-12-6-7-12/h10-13H,5-9H2,1-4H3. The highest BCUT2D eigenvalue weighted by atomic mass is 32.2. The van der Waals surface area contributed by atoms with E-state index in [2.05, 4.69) is 5.32 Å². The van der Waals surface area contributed by atoms with E-state index in [1.165, 1.54) is 17.1 Å². The van der Waals surface area contributed by atoms with Gasteiger partial charge in [-0.3, -0.25) is 0 Å². The van der Waals surface area contributed by atoms with E-state index in [9.17, 15) is 8.42 Å². The first kappa shape index (κ1) is 14.9. The fourth-order valence-electron chi connectivity index (χ4n) is 1.67. The molecule has 1 rings (SSSR count). The monoisotopic (exact) mass is 262 g/mol. The summed E-state index contributed by atoms with van der Waals surface area (Å²) in [5.41, 5.74) is 0. The summed E-state index contributed by atoms with van der Waals surface area (Å²) in [6, 6.07) is 0.724. The normalized spacial score (nSPS) is 18.9. The van der Waals surface area contributed by atoms with Crippen molar-refractivity contribution in [2.45, 2.75) is 52.1 Å². The molecule has 0 aromatic rings. The molecule has 0 aromatic heterocycles. The van der Waals surface area contributed by atoms with Crippen LogP contribution in [-0.2, 0) is 10.0 Å². The van der Waals surface area contributed by atoms with Gasteiger partial charge in [-0.25, -0.2) is 12.7 Å². The van der Waals surface area contributed by atoms with Crippen molar-refractivity contribution in [3.63, 3.8) is 0 Å². The summed E-state index contributed by atoms with van der Waals surface area (Å²) in [7, 11) is -1.40. The second-order valence-corrected chi connectivity index (χ2v) is 7.55. The molecule has 0 saturated heterocycles. The molecule has 1 aliphatic rings. The third-order valence-corrected chi connectivity index (χ3v) is 5.58. The molecule has 0 spiro atoms. The Balaban J connectivity index is 2.32. The molecule has 0 heterocycles. The van der Waals surface area contributed by atoms with Crippen LogP contribution >= 0.6 is 0 Å². The molecule has 17 heavy (non-hydrogen) atoms. The van der Waals surface area contributed by atoms with Crippen molar-refractivity contribution in [1.82, 2.24) is 9.62 Å². The van der Waals surface area contributed by atoms with Gasteiger partial charge in [-0.15, -0.1) is 0 Å². The van der Waals surface area contributed by atoms with Crippen molar-refractivity contribution in [3.8, 4) is 0 Å². The van der Waals surface area contributed by atoms with Crippen LogP contribution in [0.2, 0.25) is 0 Å². The number of sulfonamides is 1. The molecule has 0 amide bonds. The molecule has 1 unspecified atom stereocenters. The van der Waals surface area contributed by atoms with Gasteiger partial charge in [-0.1, -0.05) is 13.8 Å². The second kappa shape index (κ2) is 6.16. The second-order valence-electron chi connectivity index (χ2n) is 5.40. The Morgan fingerprint density at radius 3 is 2.35 bits per heavy atom. The van der Waals surface area contributed by atoms with Crippen molar-refractivity contribution in [2.75, 3.05) is 19.3 Å². The number of nitrogens with zero attached hydrogens (tertiary/aromatic N) is 1. The average Bonchev–Trinajstić information content (AvgIpc) is 3.06. The Morgan fingerprint density at radius 2 is 1.88 bits per heavy atom. The van der Waals surface area contributed by atoms with Gasteiger partial charge in [0, 0.05) is 19.1 Å². The molecular weight excluding hydrogens is 236 g/mol. The van der Waals surface area contributed by atoms with Crippen LogP contribution in [0.15, 0.2) is 0 Å². The molecule has 1 saturated carbocycles. The maximum atomic E-state index is 12.0. The van der Waals surface area contributed by atoms with Crippen LogP contribution in [-0.4, -0.2) is 44.2 Å². The maximum Gasteiger partial charge on any atom is 0.214 e. The topological polar surface area (TPSA) is 49.4 Å². The first-order chi connectivity index (χ1) is 7.84. The van der Waals surface area contributed by atoms with Crippen molar-refractivity contribution in [1.29, 1.82) is 0 Å². The van der Waals surface area contributed by atoms with Crippen LogP contribution in [0.5, 0.6) is 0 Å². The van der Waals surface area contributed by atoms with E-state index in [-0.39, 0.29) is 11.8 Å². The van der Waals surface area contributed by atoms with Crippen molar-refractivity contribution < 1.29 is 8.42 Å². The molecule has 102 valence electrons. The minimum atomic E-state index is -3.09. The first-order valence-corrected chi connectivity index (χ1v) is 8.14. The van der Waals surface area contributed by atoms with Crippen LogP contribution in [0.25, 0.3) is 0 Å². The van der Waals surface area contributed by atoms with Gasteiger partial charge >= 0.3 is 0 Å². The van der Waals surface area contributed by atoms with Crippen LogP contribution in [0.1, 0.15) is 40.0 Å². The molecule has 1 N–H and O–H groups in total. The number of nitrogens with one attached hydrogen (secondary N) is 1. The van der Waals surface area contributed by atoms with E-state index in [0.29, 0.717) is 18.4 Å². The highest BCUT2D eigenvalue weighted by Gasteiger charge is 2.25. The summed E-state index contributed by atoms with van der Waals surface area (Å²) >= 11 is 0. The van der Waals surface area contributed by atoms with Gasteiger partial charge in [-0.05, 0) is 38.6 Å². The molecular formula is C12H26N2O2S. The lowest BCUT2D eigenvalue weighted by molar-refractivity contribution is 0.315. The zero-order valence-corrected chi connectivity index (χ0v) is 12.3. The molecule has 4 nitrogen and oxygen atoms in total. The quantitative estimate of drug-likeness (QED) is 0.673. The fraction of sp³-hybridized carbons (Fsp3) is 1.00. The molecule has 1 atom stereocenters. The fourth-order valence-corrected chi connectivity index (χ4v) is 3.21. The zero-order valence-electron chi connectivity index (χ0n) is 11.4. The summed E-state index contributed by atoms with van der Waals surface area (Å²) in [5, 5.41) is 3.34. The maximum absolute atomic E-state index is 12.0. The lowest BCUT2D eigenvalue weighted by Gasteiger charge is -2.27. The molecule has 5 heteroatoms. The Kier molecular flexibility index (Phi) is 5.41. The average molecular weight is 262 g/mol. The van der Waals surface area contributed by atoms with Crippen LogP contribution in [0.3, 0.4) is 0 Å². The predicted molar refractivity (Wildman–Crippen MR) is 71.5 cm³/mol. The lowest BCUT2D eigenvalue weighted by atomic mass is 10.1. The number of rotatable bonds is 8. The molecule has 1 fully saturated rings. The van der Waals surface area contributed by atoms with E-state index in [1.54, 1.807) is 7.05 Å². The summed E-state index contributed by atoms with van der Waals surface area (Å²) in [4.78, 5) is 0. The third-order valence-electron chi connectivity index (χ3n) is 3.57. The van der Waals surface area contributed by atoms with E-state index in [4.69, 9.17) is 0 Å². The van der Waals surface area contributed by atoms with Gasteiger partial charge in [-0.2, -0.15) is 0 Å². The third kappa shape index (κ3) is 4.94. The van der Waals surface area contributed by atoms with Crippen LogP contribution < -0.4 is 5.32 Å². The van der Waals surface area contributed by atoms with Crippen molar-refractivity contribution in [3.05, 3.63) is 0 Å². The molecule has 0 aliphatic heterocycles. The highest BCUT2D eigenvalue weighted by Crippen LogP contribution is 2.18. The number of hydrogen-bond donors (Lipinski definition) is 1. The summed E-state index contributed by atoms with van der Waals surface area (Å²) in [6.07, 6.45) is 3.20. The van der Waals surface area contributed by atoms with E-state index < -0.39 is 10.0 Å². The molecule has 1 aliphatic carbocycles. The SMILES string of the molecule is CC(C)C(C)N(C)S(=O)(=O)CCCNC1CC1. The van der Waals surface area contributed by atoms with E-state index in [0.717, 1.165) is 6.54 Å². The Labute approximate surface area is 106 Å². The van der Waals surface area contributed by atoms with Gasteiger partial charge < -0.3 is 5.32 Å². The summed E-state index contributed by atoms with van der Waals surface area (Å²) < 4.78 is 25.6. The van der Waals surface area contributed by atoms with Gasteiger partial charge in [0.25, 0.3) is 0 Å². The smallest absolute Gasteiger partial charge is 0.214 e. The van der Waals surface area contributed by atoms with Crippen molar-refractivity contribution >= 4 is 10.0 Å². The zero-order chi connectivity index (χ0) is 13.1. The largest absolute Gasteiger partial charge is 0.314 e. The van der Waals surface area contributed by atoms with Gasteiger partial charge in [0.15, 0.2) is 0 Å². The van der Waals surface area contributed by atoms with Crippen molar-refractivity contribution in [2.24, 2.45) is 5.92 Å². The predicted octanol–water partition coefficient (Wildman–Crippen LogP) is 1.43. The minimum absolute atomic E-state index is 0.0661. The van der Waals surface area contributed by atoms with Crippen LogP contribution in [0, 0.1) is 5.92 Å². The Bertz CT molecular complexity index is 323.